The molecule has 8 heteroatoms. The zero-order valence-corrected chi connectivity index (χ0v) is 17.6. The third kappa shape index (κ3) is 3.59. The van der Waals surface area contributed by atoms with Gasteiger partial charge in [0.2, 0.25) is 0 Å². The minimum absolute atomic E-state index is 0.0373. The summed E-state index contributed by atoms with van der Waals surface area (Å²) in [5.74, 6) is -0.184. The van der Waals surface area contributed by atoms with Gasteiger partial charge in [0.15, 0.2) is 0 Å². The molecule has 158 valence electrons. The lowest BCUT2D eigenvalue weighted by Gasteiger charge is -2.34. The molecule has 0 bridgehead atoms. The van der Waals surface area contributed by atoms with Crippen LogP contribution in [0.5, 0.6) is 0 Å². The predicted octanol–water partition coefficient (Wildman–Crippen LogP) is 1.83. The summed E-state index contributed by atoms with van der Waals surface area (Å²) in [6, 6.07) is 7.89. The number of aromatic nitrogens is 3. The number of aryl methyl sites for hydroxylation is 1. The molecule has 1 aliphatic heterocycles. The summed E-state index contributed by atoms with van der Waals surface area (Å²) in [5, 5.41) is 2.59. The number of piperazine rings is 1. The molecule has 1 atom stereocenters. The topological polar surface area (TPSA) is 94.2 Å². The number of aromatic amines is 1. The van der Waals surface area contributed by atoms with Crippen LogP contribution in [0, 0.1) is 0 Å². The van der Waals surface area contributed by atoms with E-state index in [9.17, 15) is 9.59 Å². The maximum Gasteiger partial charge on any atom is 0.269 e. The monoisotopic (exact) mass is 416 g/mol. The quantitative estimate of drug-likeness (QED) is 0.659. The van der Waals surface area contributed by atoms with Crippen molar-refractivity contribution in [3.63, 3.8) is 0 Å². The van der Waals surface area contributed by atoms with Crippen LogP contribution in [-0.4, -0.2) is 51.9 Å². The summed E-state index contributed by atoms with van der Waals surface area (Å²) in [6.45, 7) is 4.48. The maximum atomic E-state index is 12.1. The van der Waals surface area contributed by atoms with Gasteiger partial charge in [-0.25, -0.2) is 4.98 Å². The average Bonchev–Trinajstić information content (AvgIpc) is 3.60. The molecule has 8 nitrogen and oxygen atoms in total. The second kappa shape index (κ2) is 7.63. The molecule has 31 heavy (non-hydrogen) atoms. The van der Waals surface area contributed by atoms with Crippen LogP contribution in [0.3, 0.4) is 0 Å². The first-order valence-corrected chi connectivity index (χ1v) is 10.5. The Kier molecular flexibility index (Phi) is 4.78. The smallest absolute Gasteiger partial charge is 0.269 e. The van der Waals surface area contributed by atoms with E-state index in [4.69, 9.17) is 0 Å². The van der Waals surface area contributed by atoms with Crippen LogP contribution in [0.2, 0.25) is 0 Å². The number of anilines is 1. The van der Waals surface area contributed by atoms with Gasteiger partial charge in [0.25, 0.3) is 11.5 Å². The lowest BCUT2D eigenvalue weighted by atomic mass is 10.1. The van der Waals surface area contributed by atoms with E-state index >= 15 is 0 Å². The summed E-state index contributed by atoms with van der Waals surface area (Å²) in [5.41, 5.74) is 6.08. The first kappa shape index (κ1) is 19.4. The van der Waals surface area contributed by atoms with Crippen molar-refractivity contribution in [3.8, 4) is 0 Å². The predicted molar refractivity (Wildman–Crippen MR) is 119 cm³/mol. The number of amides is 1. The standard InChI is InChI=1S/C23H24N6O2/c1-3-15-9-18-19(27-22(15)30)8-14(11-25-18)13-28-6-7-29(21-10-20(21)28)16-4-5-17(26-12-16)23(31)24-2/h4-5,8-12,20H,3,6-7,13H2,1-2H3,(H,24,31)(H,27,30)/t20-/m1/s1. The number of nitrogens with zero attached hydrogens (tertiary/aromatic N) is 4. The van der Waals surface area contributed by atoms with Crippen LogP contribution in [0.4, 0.5) is 5.69 Å². The summed E-state index contributed by atoms with van der Waals surface area (Å²) < 4.78 is 0. The van der Waals surface area contributed by atoms with Crippen molar-refractivity contribution in [1.29, 1.82) is 0 Å². The van der Waals surface area contributed by atoms with Gasteiger partial charge in [-0.05, 0) is 42.3 Å². The van der Waals surface area contributed by atoms with E-state index in [0.717, 1.165) is 47.5 Å². The molecule has 1 aliphatic carbocycles. The van der Waals surface area contributed by atoms with Crippen molar-refractivity contribution in [2.24, 2.45) is 0 Å². The Hall–Kier alpha value is -3.52. The largest absolute Gasteiger partial charge is 0.354 e. The zero-order valence-electron chi connectivity index (χ0n) is 17.6. The summed E-state index contributed by atoms with van der Waals surface area (Å²) >= 11 is 0. The van der Waals surface area contributed by atoms with Gasteiger partial charge in [-0.3, -0.25) is 19.5 Å². The highest BCUT2D eigenvalue weighted by molar-refractivity contribution is 5.92. The normalized spacial score (nSPS) is 17.9. The fraction of sp³-hybridized carbons (Fsp3) is 0.304. The minimum atomic E-state index is -0.184. The molecule has 1 saturated heterocycles. The highest BCUT2D eigenvalue weighted by atomic mass is 16.1. The molecule has 1 fully saturated rings. The molecule has 0 saturated carbocycles. The Bertz CT molecular complexity index is 1250. The molecule has 5 rings (SSSR count). The number of fused-ring (bicyclic) bond motifs is 2. The lowest BCUT2D eigenvalue weighted by Crippen LogP contribution is -2.43. The third-order valence-electron chi connectivity index (χ3n) is 5.95. The van der Waals surface area contributed by atoms with E-state index in [0.29, 0.717) is 18.2 Å². The van der Waals surface area contributed by atoms with E-state index in [1.54, 1.807) is 19.3 Å². The molecule has 0 spiro atoms. The Morgan fingerprint density at radius 1 is 1.23 bits per heavy atom. The number of hydrogen-bond acceptors (Lipinski definition) is 6. The van der Waals surface area contributed by atoms with Crippen LogP contribution in [0.1, 0.15) is 28.5 Å². The number of pyridine rings is 3. The molecule has 1 amide bonds. The van der Waals surface area contributed by atoms with Gasteiger partial charge < -0.3 is 15.2 Å². The fourth-order valence-electron chi connectivity index (χ4n) is 4.17. The number of carbonyl (C=O) groups is 1. The van der Waals surface area contributed by atoms with Gasteiger partial charge >= 0.3 is 0 Å². The van der Waals surface area contributed by atoms with Crippen LogP contribution >= 0.6 is 0 Å². The second-order valence-electron chi connectivity index (χ2n) is 7.89. The number of carbonyl (C=O) groups excluding carboxylic acids is 1. The van der Waals surface area contributed by atoms with Crippen LogP contribution in [-0.2, 0) is 13.0 Å². The average molecular weight is 416 g/mol. The molecule has 4 heterocycles. The van der Waals surface area contributed by atoms with Crippen molar-refractivity contribution in [3.05, 3.63) is 75.6 Å². The highest BCUT2D eigenvalue weighted by Crippen LogP contribution is 2.37. The van der Waals surface area contributed by atoms with E-state index in [1.165, 1.54) is 5.70 Å². The third-order valence-corrected chi connectivity index (χ3v) is 5.95. The van der Waals surface area contributed by atoms with E-state index in [-0.39, 0.29) is 11.5 Å². The molecule has 0 aromatic carbocycles. The number of rotatable bonds is 5. The first-order chi connectivity index (χ1) is 15.1. The number of hydrogen-bond donors (Lipinski definition) is 2. The van der Waals surface area contributed by atoms with Crippen molar-refractivity contribution < 1.29 is 4.79 Å². The zero-order chi connectivity index (χ0) is 21.5. The summed E-state index contributed by atoms with van der Waals surface area (Å²) in [6.07, 6.45) is 6.59. The highest BCUT2D eigenvalue weighted by Gasteiger charge is 2.39. The molecule has 3 aromatic rings. The Morgan fingerprint density at radius 2 is 2.10 bits per heavy atom. The number of H-pyrrole nitrogens is 1. The molecule has 3 aromatic heterocycles. The van der Waals surface area contributed by atoms with Crippen molar-refractivity contribution in [2.75, 3.05) is 25.0 Å². The van der Waals surface area contributed by atoms with Crippen molar-refractivity contribution in [1.82, 2.24) is 25.2 Å². The Morgan fingerprint density at radius 3 is 2.84 bits per heavy atom. The number of nitrogens with one attached hydrogen (secondary N) is 2. The summed E-state index contributed by atoms with van der Waals surface area (Å²) in [7, 11) is 1.60. The first-order valence-electron chi connectivity index (χ1n) is 10.5. The molecule has 2 N–H and O–H groups in total. The Labute approximate surface area is 179 Å². The maximum absolute atomic E-state index is 12.1. The molecule has 2 aliphatic rings. The van der Waals surface area contributed by atoms with E-state index in [2.05, 4.69) is 36.1 Å². The molecular weight excluding hydrogens is 392 g/mol. The molecular formula is C23H24N6O2. The van der Waals surface area contributed by atoms with E-state index in [1.807, 2.05) is 31.3 Å². The van der Waals surface area contributed by atoms with Gasteiger partial charge in [0, 0.05) is 44.1 Å². The van der Waals surface area contributed by atoms with Crippen molar-refractivity contribution in [2.45, 2.75) is 25.9 Å². The van der Waals surface area contributed by atoms with Gasteiger partial charge in [-0.15, -0.1) is 0 Å². The molecule has 0 radical (unpaired) electrons. The van der Waals surface area contributed by atoms with Gasteiger partial charge in [0.1, 0.15) is 5.69 Å². The van der Waals surface area contributed by atoms with Crippen LogP contribution in [0.15, 0.2) is 53.2 Å². The van der Waals surface area contributed by atoms with Gasteiger partial charge in [-0.2, -0.15) is 0 Å². The van der Waals surface area contributed by atoms with Gasteiger partial charge in [0.05, 0.1) is 29.0 Å². The second-order valence-corrected chi connectivity index (χ2v) is 7.89. The van der Waals surface area contributed by atoms with E-state index < -0.39 is 0 Å². The van der Waals surface area contributed by atoms with Gasteiger partial charge in [-0.1, -0.05) is 6.92 Å². The lowest BCUT2D eigenvalue weighted by molar-refractivity contribution is 0.0958. The van der Waals surface area contributed by atoms with Crippen LogP contribution < -0.4 is 15.8 Å². The SMILES string of the molecule is CCc1cc2ncc(CN3CCN(c4ccc(C(=O)NC)nc4)C4=C[C@H]43)cc2[nH]c1=O. The van der Waals surface area contributed by atoms with Crippen molar-refractivity contribution >= 4 is 22.6 Å². The minimum Gasteiger partial charge on any atom is -0.354 e. The van der Waals surface area contributed by atoms with Crippen LogP contribution in [0.25, 0.3) is 11.0 Å². The summed E-state index contributed by atoms with van der Waals surface area (Å²) in [4.78, 5) is 40.3. The molecule has 0 unspecified atom stereocenters. The fourth-order valence-corrected chi connectivity index (χ4v) is 4.17. The Balaban J connectivity index is 1.28.